The van der Waals surface area contributed by atoms with Crippen LogP contribution in [0.15, 0.2) is 52.4 Å². The lowest BCUT2D eigenvalue weighted by atomic mass is 10.2. The first-order valence-corrected chi connectivity index (χ1v) is 8.66. The number of nitrogens with zero attached hydrogens (tertiary/aromatic N) is 2. The quantitative estimate of drug-likeness (QED) is 0.405. The molecule has 0 spiro atoms. The third kappa shape index (κ3) is 4.07. The molecule has 6 nitrogen and oxygen atoms in total. The molecule has 0 fully saturated rings. The lowest BCUT2D eigenvalue weighted by Gasteiger charge is -2.10. The molecule has 3 rings (SSSR count). The van der Waals surface area contributed by atoms with Crippen LogP contribution >= 0.6 is 12.2 Å². The highest BCUT2D eigenvalue weighted by atomic mass is 32.1. The second-order valence-corrected chi connectivity index (χ2v) is 5.86. The molecule has 0 unspecified atom stereocenters. The molecule has 1 aromatic heterocycles. The van der Waals surface area contributed by atoms with E-state index in [1.165, 1.54) is 6.21 Å². The van der Waals surface area contributed by atoms with Gasteiger partial charge in [0.1, 0.15) is 6.61 Å². The van der Waals surface area contributed by atoms with Gasteiger partial charge >= 0.3 is 0 Å². The van der Waals surface area contributed by atoms with Crippen molar-refractivity contribution in [2.45, 2.75) is 6.92 Å². The summed E-state index contributed by atoms with van der Waals surface area (Å²) in [7, 11) is 0. The second kappa shape index (κ2) is 8.34. The number of para-hydroxylation sites is 1. The zero-order chi connectivity index (χ0) is 19.2. The molecule has 1 heterocycles. The van der Waals surface area contributed by atoms with E-state index >= 15 is 0 Å². The summed E-state index contributed by atoms with van der Waals surface area (Å²) in [6.07, 6.45) is 6.76. The van der Waals surface area contributed by atoms with Gasteiger partial charge in [0.05, 0.1) is 23.7 Å². The molecule has 0 saturated carbocycles. The summed E-state index contributed by atoms with van der Waals surface area (Å²) in [6, 6.07) is 12.4. The van der Waals surface area contributed by atoms with Crippen LogP contribution < -0.4 is 15.0 Å². The molecule has 0 aliphatic carbocycles. The van der Waals surface area contributed by atoms with Gasteiger partial charge < -0.3 is 14.5 Å². The van der Waals surface area contributed by atoms with E-state index in [0.29, 0.717) is 29.0 Å². The number of ether oxygens (including phenoxy) is 2. The maximum atomic E-state index is 12.6. The average molecular weight is 379 g/mol. The molecule has 27 heavy (non-hydrogen) atoms. The third-order valence-corrected chi connectivity index (χ3v) is 3.96. The Bertz CT molecular complexity index is 1160. The molecule has 3 aromatic rings. The van der Waals surface area contributed by atoms with E-state index < -0.39 is 0 Å². The Balaban J connectivity index is 1.98. The van der Waals surface area contributed by atoms with Crippen LogP contribution in [0.5, 0.6) is 11.5 Å². The number of benzene rings is 2. The average Bonchev–Trinajstić information content (AvgIpc) is 2.67. The number of terminal acetylenes is 1. The zero-order valence-electron chi connectivity index (χ0n) is 14.6. The molecule has 0 atom stereocenters. The Labute approximate surface area is 161 Å². The molecule has 0 amide bonds. The molecule has 0 bridgehead atoms. The summed E-state index contributed by atoms with van der Waals surface area (Å²) >= 11 is 5.25. The first-order valence-electron chi connectivity index (χ1n) is 8.25. The van der Waals surface area contributed by atoms with E-state index in [-0.39, 0.29) is 16.9 Å². The van der Waals surface area contributed by atoms with Crippen LogP contribution in [0.1, 0.15) is 12.5 Å². The third-order valence-electron chi connectivity index (χ3n) is 3.68. The molecule has 0 saturated heterocycles. The van der Waals surface area contributed by atoms with Crippen LogP contribution in [-0.4, -0.2) is 29.1 Å². The number of nitrogens with one attached hydrogen (secondary N) is 1. The van der Waals surface area contributed by atoms with Gasteiger partial charge in [-0.05, 0) is 55.0 Å². The maximum absolute atomic E-state index is 12.6. The largest absolute Gasteiger partial charge is 0.490 e. The lowest BCUT2D eigenvalue weighted by Crippen LogP contribution is -2.18. The standard InChI is InChI=1S/C20H17N3O3S/c1-3-11-26-17-10-9-14(12-18(17)25-4-2)13-21-23-19(24)15-7-5-6-8-16(15)22-20(23)27/h1,5-10,12-13H,4,11H2,2H3,(H,22,27)/b21-13-. The summed E-state index contributed by atoms with van der Waals surface area (Å²) in [4.78, 5) is 15.6. The van der Waals surface area contributed by atoms with Crippen LogP contribution in [0.4, 0.5) is 0 Å². The summed E-state index contributed by atoms with van der Waals surface area (Å²) in [6.45, 7) is 2.50. The van der Waals surface area contributed by atoms with Gasteiger partial charge in [-0.25, -0.2) is 0 Å². The topological polar surface area (TPSA) is 68.6 Å². The molecule has 1 N–H and O–H groups in total. The van der Waals surface area contributed by atoms with Crippen molar-refractivity contribution in [1.82, 2.24) is 9.66 Å². The van der Waals surface area contributed by atoms with Crippen LogP contribution in [0, 0.1) is 17.1 Å². The molecular weight excluding hydrogens is 362 g/mol. The number of hydrogen-bond donors (Lipinski definition) is 1. The van der Waals surface area contributed by atoms with E-state index in [1.807, 2.05) is 13.0 Å². The Kier molecular flexibility index (Phi) is 5.69. The van der Waals surface area contributed by atoms with Crippen LogP contribution in [-0.2, 0) is 0 Å². The minimum atomic E-state index is -0.287. The van der Waals surface area contributed by atoms with E-state index in [2.05, 4.69) is 16.0 Å². The summed E-state index contributed by atoms with van der Waals surface area (Å²) in [5, 5.41) is 4.74. The van der Waals surface area contributed by atoms with Gasteiger partial charge in [-0.1, -0.05) is 18.1 Å². The zero-order valence-corrected chi connectivity index (χ0v) is 15.5. The van der Waals surface area contributed by atoms with Gasteiger partial charge in [0.15, 0.2) is 11.5 Å². The van der Waals surface area contributed by atoms with Crippen molar-refractivity contribution in [2.24, 2.45) is 5.10 Å². The fourth-order valence-corrected chi connectivity index (χ4v) is 2.73. The predicted molar refractivity (Wildman–Crippen MR) is 108 cm³/mol. The molecule has 0 aliphatic heterocycles. The number of hydrogen-bond acceptors (Lipinski definition) is 5. The van der Waals surface area contributed by atoms with Gasteiger partial charge in [-0.15, -0.1) is 6.42 Å². The SMILES string of the molecule is C#CCOc1ccc(/C=N\n2c(=S)[nH]c3ccccc3c2=O)cc1OCC. The number of H-pyrrole nitrogens is 1. The predicted octanol–water partition coefficient (Wildman–Crippen LogP) is 3.35. The van der Waals surface area contributed by atoms with Crippen LogP contribution in [0.25, 0.3) is 10.9 Å². The minimum absolute atomic E-state index is 0.148. The van der Waals surface area contributed by atoms with Crippen molar-refractivity contribution in [3.05, 3.63) is 63.2 Å². The van der Waals surface area contributed by atoms with Gasteiger partial charge in [-0.2, -0.15) is 9.78 Å². The van der Waals surface area contributed by atoms with Gasteiger partial charge in [0.25, 0.3) is 5.56 Å². The highest BCUT2D eigenvalue weighted by molar-refractivity contribution is 7.71. The van der Waals surface area contributed by atoms with Gasteiger partial charge in [-0.3, -0.25) is 4.79 Å². The lowest BCUT2D eigenvalue weighted by molar-refractivity contribution is 0.299. The maximum Gasteiger partial charge on any atom is 0.282 e. The van der Waals surface area contributed by atoms with Crippen LogP contribution in [0.3, 0.4) is 0 Å². The normalized spacial score (nSPS) is 10.8. The van der Waals surface area contributed by atoms with Crippen molar-refractivity contribution in [1.29, 1.82) is 0 Å². The number of aromatic nitrogens is 2. The first kappa shape index (κ1) is 18.4. The monoisotopic (exact) mass is 379 g/mol. The second-order valence-electron chi connectivity index (χ2n) is 5.47. The Morgan fingerprint density at radius 1 is 1.26 bits per heavy atom. The summed E-state index contributed by atoms with van der Waals surface area (Å²) in [5.41, 5.74) is 1.11. The molecule has 0 radical (unpaired) electrons. The molecule has 7 heteroatoms. The Morgan fingerprint density at radius 3 is 2.85 bits per heavy atom. The number of aromatic amines is 1. The van der Waals surface area contributed by atoms with Crippen molar-refractivity contribution < 1.29 is 9.47 Å². The van der Waals surface area contributed by atoms with E-state index in [9.17, 15) is 4.79 Å². The molecule has 2 aromatic carbocycles. The highest BCUT2D eigenvalue weighted by Gasteiger charge is 2.07. The molecule has 136 valence electrons. The molecular formula is C20H17N3O3S. The first-order chi connectivity index (χ1) is 13.1. The van der Waals surface area contributed by atoms with E-state index in [1.54, 1.807) is 36.4 Å². The fourth-order valence-electron chi connectivity index (χ4n) is 2.49. The summed E-state index contributed by atoms with van der Waals surface area (Å²) in [5.74, 6) is 3.51. The van der Waals surface area contributed by atoms with Crippen LogP contribution in [0.2, 0.25) is 0 Å². The smallest absolute Gasteiger partial charge is 0.282 e. The van der Waals surface area contributed by atoms with E-state index in [0.717, 1.165) is 10.2 Å². The Hall–Kier alpha value is -3.37. The number of rotatable bonds is 6. The van der Waals surface area contributed by atoms with Crippen molar-refractivity contribution in [2.75, 3.05) is 13.2 Å². The summed E-state index contributed by atoms with van der Waals surface area (Å²) < 4.78 is 12.4. The van der Waals surface area contributed by atoms with Gasteiger partial charge in [0, 0.05) is 0 Å². The Morgan fingerprint density at radius 2 is 2.07 bits per heavy atom. The number of fused-ring (bicyclic) bond motifs is 1. The van der Waals surface area contributed by atoms with Gasteiger partial charge in [0.2, 0.25) is 4.77 Å². The van der Waals surface area contributed by atoms with Crippen molar-refractivity contribution in [3.63, 3.8) is 0 Å². The van der Waals surface area contributed by atoms with E-state index in [4.69, 9.17) is 28.1 Å². The van der Waals surface area contributed by atoms with Crippen molar-refractivity contribution in [3.8, 4) is 23.8 Å². The van der Waals surface area contributed by atoms with Crippen molar-refractivity contribution >= 4 is 29.3 Å². The fraction of sp³-hybridized carbons (Fsp3) is 0.150. The highest BCUT2D eigenvalue weighted by Crippen LogP contribution is 2.28. The molecule has 0 aliphatic rings. The minimum Gasteiger partial charge on any atom is -0.490 e.